The first kappa shape index (κ1) is 13.3. The SMILES string of the molecule is Fc1cnccc1NCc1cnn(Cc2ccccc2)c1. The lowest BCUT2D eigenvalue weighted by atomic mass is 10.2. The third-order valence-electron chi connectivity index (χ3n) is 3.13. The first-order chi connectivity index (χ1) is 10.3. The number of rotatable bonds is 5. The summed E-state index contributed by atoms with van der Waals surface area (Å²) in [6, 6.07) is 11.7. The van der Waals surface area contributed by atoms with E-state index in [0.29, 0.717) is 12.2 Å². The zero-order valence-electron chi connectivity index (χ0n) is 11.4. The molecule has 106 valence electrons. The maximum atomic E-state index is 13.4. The number of nitrogens with one attached hydrogen (secondary N) is 1. The number of nitrogens with zero attached hydrogens (tertiary/aromatic N) is 3. The number of aromatic nitrogens is 3. The van der Waals surface area contributed by atoms with Crippen LogP contribution in [-0.4, -0.2) is 14.8 Å². The van der Waals surface area contributed by atoms with Gasteiger partial charge in [0.1, 0.15) is 0 Å². The number of pyridine rings is 1. The van der Waals surface area contributed by atoms with Gasteiger partial charge in [0.05, 0.1) is 24.6 Å². The molecule has 2 aromatic heterocycles. The van der Waals surface area contributed by atoms with Gasteiger partial charge >= 0.3 is 0 Å². The van der Waals surface area contributed by atoms with Gasteiger partial charge in [-0.1, -0.05) is 30.3 Å². The highest BCUT2D eigenvalue weighted by molar-refractivity contribution is 5.43. The van der Waals surface area contributed by atoms with E-state index in [0.717, 1.165) is 12.1 Å². The van der Waals surface area contributed by atoms with Crippen LogP contribution in [0.5, 0.6) is 0 Å². The number of hydrogen-bond donors (Lipinski definition) is 1. The summed E-state index contributed by atoms with van der Waals surface area (Å²) < 4.78 is 15.3. The molecule has 0 aliphatic rings. The van der Waals surface area contributed by atoms with Crippen LogP contribution in [0.2, 0.25) is 0 Å². The Morgan fingerprint density at radius 2 is 1.90 bits per heavy atom. The predicted octanol–water partition coefficient (Wildman–Crippen LogP) is 3.08. The highest BCUT2D eigenvalue weighted by Gasteiger charge is 2.03. The fraction of sp³-hybridized carbons (Fsp3) is 0.125. The average Bonchev–Trinajstić information content (AvgIpc) is 2.95. The van der Waals surface area contributed by atoms with Gasteiger partial charge in [-0.2, -0.15) is 5.10 Å². The van der Waals surface area contributed by atoms with Crippen molar-refractivity contribution in [3.63, 3.8) is 0 Å². The molecule has 0 amide bonds. The quantitative estimate of drug-likeness (QED) is 0.782. The van der Waals surface area contributed by atoms with E-state index >= 15 is 0 Å². The second kappa shape index (κ2) is 6.17. The van der Waals surface area contributed by atoms with Gasteiger partial charge in [0, 0.05) is 24.5 Å². The van der Waals surface area contributed by atoms with Crippen LogP contribution in [0.1, 0.15) is 11.1 Å². The molecule has 5 heteroatoms. The van der Waals surface area contributed by atoms with Gasteiger partial charge in [-0.15, -0.1) is 0 Å². The smallest absolute Gasteiger partial charge is 0.164 e. The Kier molecular flexibility index (Phi) is 3.91. The van der Waals surface area contributed by atoms with Crippen LogP contribution >= 0.6 is 0 Å². The molecule has 1 aromatic carbocycles. The first-order valence-electron chi connectivity index (χ1n) is 6.70. The van der Waals surface area contributed by atoms with E-state index in [1.54, 1.807) is 18.5 Å². The summed E-state index contributed by atoms with van der Waals surface area (Å²) in [4.78, 5) is 3.72. The zero-order valence-corrected chi connectivity index (χ0v) is 11.4. The molecule has 21 heavy (non-hydrogen) atoms. The molecule has 0 spiro atoms. The number of halogens is 1. The first-order valence-corrected chi connectivity index (χ1v) is 6.70. The van der Waals surface area contributed by atoms with Crippen molar-refractivity contribution in [2.75, 3.05) is 5.32 Å². The van der Waals surface area contributed by atoms with Crippen LogP contribution in [0.3, 0.4) is 0 Å². The van der Waals surface area contributed by atoms with Gasteiger partial charge < -0.3 is 5.32 Å². The van der Waals surface area contributed by atoms with Gasteiger partial charge in [-0.05, 0) is 11.6 Å². The van der Waals surface area contributed by atoms with E-state index in [1.807, 2.05) is 29.1 Å². The molecule has 0 aliphatic heterocycles. The molecule has 0 saturated carbocycles. The molecule has 2 heterocycles. The third kappa shape index (κ3) is 3.45. The lowest BCUT2D eigenvalue weighted by Crippen LogP contribution is -2.02. The fourth-order valence-electron chi connectivity index (χ4n) is 2.07. The van der Waals surface area contributed by atoms with E-state index < -0.39 is 0 Å². The van der Waals surface area contributed by atoms with E-state index in [-0.39, 0.29) is 5.82 Å². The van der Waals surface area contributed by atoms with Gasteiger partial charge in [-0.3, -0.25) is 9.67 Å². The molecule has 0 radical (unpaired) electrons. The molecule has 3 aromatic rings. The minimum Gasteiger partial charge on any atom is -0.378 e. The molecule has 4 nitrogen and oxygen atoms in total. The van der Waals surface area contributed by atoms with Crippen molar-refractivity contribution in [2.24, 2.45) is 0 Å². The molecule has 0 saturated heterocycles. The Morgan fingerprint density at radius 1 is 1.05 bits per heavy atom. The minimum atomic E-state index is -0.353. The maximum absolute atomic E-state index is 13.4. The van der Waals surface area contributed by atoms with Gasteiger partial charge in [0.15, 0.2) is 5.82 Å². The lowest BCUT2D eigenvalue weighted by Gasteiger charge is -2.05. The standard InChI is InChI=1S/C16H15FN4/c17-15-10-18-7-6-16(15)19-8-14-9-20-21(12-14)11-13-4-2-1-3-5-13/h1-7,9-10,12H,8,11H2,(H,18,19). The summed E-state index contributed by atoms with van der Waals surface area (Å²) in [5.41, 5.74) is 2.64. The van der Waals surface area contributed by atoms with Crippen molar-refractivity contribution >= 4 is 5.69 Å². The Hall–Kier alpha value is -2.69. The molecule has 0 bridgehead atoms. The normalized spacial score (nSPS) is 10.5. The van der Waals surface area contributed by atoms with Crippen LogP contribution in [0, 0.1) is 5.82 Å². The number of hydrogen-bond acceptors (Lipinski definition) is 3. The van der Waals surface area contributed by atoms with E-state index in [2.05, 4.69) is 27.5 Å². The number of benzene rings is 1. The van der Waals surface area contributed by atoms with Gasteiger partial charge in [0.2, 0.25) is 0 Å². The Balaban J connectivity index is 1.62. The average molecular weight is 282 g/mol. The molecule has 0 atom stereocenters. The highest BCUT2D eigenvalue weighted by Crippen LogP contribution is 2.12. The van der Waals surface area contributed by atoms with Crippen LogP contribution in [-0.2, 0) is 13.1 Å². The van der Waals surface area contributed by atoms with E-state index in [1.165, 1.54) is 11.8 Å². The van der Waals surface area contributed by atoms with E-state index in [9.17, 15) is 4.39 Å². The summed E-state index contributed by atoms with van der Waals surface area (Å²) in [7, 11) is 0. The van der Waals surface area contributed by atoms with Crippen molar-refractivity contribution in [1.29, 1.82) is 0 Å². The zero-order chi connectivity index (χ0) is 14.5. The summed E-state index contributed by atoms with van der Waals surface area (Å²) in [6.45, 7) is 1.25. The molecule has 0 fully saturated rings. The molecule has 3 rings (SSSR count). The van der Waals surface area contributed by atoms with Gasteiger partial charge in [0.25, 0.3) is 0 Å². The topological polar surface area (TPSA) is 42.7 Å². The molecule has 1 N–H and O–H groups in total. The van der Waals surface area contributed by atoms with Crippen molar-refractivity contribution in [2.45, 2.75) is 13.1 Å². The minimum absolute atomic E-state index is 0.353. The van der Waals surface area contributed by atoms with Crippen molar-refractivity contribution in [1.82, 2.24) is 14.8 Å². The summed E-state index contributed by atoms with van der Waals surface area (Å²) in [6.07, 6.45) is 6.50. The van der Waals surface area contributed by atoms with Crippen LogP contribution < -0.4 is 5.32 Å². The monoisotopic (exact) mass is 282 g/mol. The number of anilines is 1. The lowest BCUT2D eigenvalue weighted by molar-refractivity contribution is 0.624. The van der Waals surface area contributed by atoms with Crippen molar-refractivity contribution < 1.29 is 4.39 Å². The molecule has 0 unspecified atom stereocenters. The summed E-state index contributed by atoms with van der Waals surface area (Å²) >= 11 is 0. The second-order valence-electron chi connectivity index (χ2n) is 4.74. The van der Waals surface area contributed by atoms with Gasteiger partial charge in [-0.25, -0.2) is 4.39 Å². The molecular formula is C16H15FN4. The Morgan fingerprint density at radius 3 is 2.71 bits per heavy atom. The van der Waals surface area contributed by atoms with Crippen LogP contribution in [0.4, 0.5) is 10.1 Å². The van der Waals surface area contributed by atoms with Crippen LogP contribution in [0.15, 0.2) is 61.2 Å². The van der Waals surface area contributed by atoms with Crippen LogP contribution in [0.25, 0.3) is 0 Å². The van der Waals surface area contributed by atoms with Crippen molar-refractivity contribution in [3.05, 3.63) is 78.1 Å². The highest BCUT2D eigenvalue weighted by atomic mass is 19.1. The molecule has 0 aliphatic carbocycles. The maximum Gasteiger partial charge on any atom is 0.164 e. The summed E-state index contributed by atoms with van der Waals surface area (Å²) in [5, 5.41) is 7.35. The Bertz CT molecular complexity index is 709. The second-order valence-corrected chi connectivity index (χ2v) is 4.74. The predicted molar refractivity (Wildman–Crippen MR) is 79.3 cm³/mol. The molecular weight excluding hydrogens is 267 g/mol. The largest absolute Gasteiger partial charge is 0.378 e. The summed E-state index contributed by atoms with van der Waals surface area (Å²) in [5.74, 6) is -0.353. The van der Waals surface area contributed by atoms with E-state index in [4.69, 9.17) is 0 Å². The Labute approximate surface area is 122 Å². The fourth-order valence-corrected chi connectivity index (χ4v) is 2.07. The van der Waals surface area contributed by atoms with Crippen molar-refractivity contribution in [3.8, 4) is 0 Å². The third-order valence-corrected chi connectivity index (χ3v) is 3.13.